The molecule has 1 saturated heterocycles. The smallest absolute Gasteiger partial charge is 0.215 e. The molecule has 0 radical (unpaired) electrons. The van der Waals surface area contributed by atoms with E-state index in [-0.39, 0.29) is 48.6 Å². The van der Waals surface area contributed by atoms with Gasteiger partial charge in [-0.1, -0.05) is 24.3 Å². The van der Waals surface area contributed by atoms with E-state index in [1.165, 1.54) is 10.4 Å². The molecule has 11 heteroatoms. The van der Waals surface area contributed by atoms with Crippen molar-refractivity contribution >= 4 is 45.8 Å². The zero-order chi connectivity index (χ0) is 21.4. The summed E-state index contributed by atoms with van der Waals surface area (Å²) in [6.45, 7) is 2.54. The van der Waals surface area contributed by atoms with Crippen LogP contribution in [0.25, 0.3) is 0 Å². The molecule has 1 aliphatic rings. The number of aliphatic imine (C=N–C) groups is 1. The lowest BCUT2D eigenvalue weighted by Gasteiger charge is -2.34. The van der Waals surface area contributed by atoms with Crippen LogP contribution in [0.2, 0.25) is 0 Å². The Labute approximate surface area is 200 Å². The van der Waals surface area contributed by atoms with Gasteiger partial charge < -0.3 is 15.5 Å². The number of pyridine rings is 1. The summed E-state index contributed by atoms with van der Waals surface area (Å²) in [5.74, 6) is 0.944. The van der Waals surface area contributed by atoms with Crippen molar-refractivity contribution in [1.82, 2.24) is 19.9 Å². The van der Waals surface area contributed by atoms with E-state index < -0.39 is 10.0 Å². The maximum absolute atomic E-state index is 13.7. The molecule has 31 heavy (non-hydrogen) atoms. The first-order valence-electron chi connectivity index (χ1n) is 9.81. The van der Waals surface area contributed by atoms with Crippen LogP contribution >= 0.6 is 24.0 Å². The highest BCUT2D eigenvalue weighted by Gasteiger charge is 2.27. The second-order valence-corrected chi connectivity index (χ2v) is 8.92. The summed E-state index contributed by atoms with van der Waals surface area (Å²) in [6, 6.07) is 12.2. The molecular weight excluding hydrogens is 534 g/mol. The third-order valence-electron chi connectivity index (χ3n) is 4.89. The van der Waals surface area contributed by atoms with Crippen LogP contribution in [-0.2, 0) is 16.6 Å². The van der Waals surface area contributed by atoms with Gasteiger partial charge in [-0.05, 0) is 18.2 Å². The molecule has 2 heterocycles. The average Bonchev–Trinajstić information content (AvgIpc) is 2.78. The molecule has 0 amide bonds. The minimum Gasteiger partial charge on any atom is -0.355 e. The molecule has 2 N–H and O–H groups in total. The van der Waals surface area contributed by atoms with Crippen molar-refractivity contribution in [3.8, 4) is 0 Å². The van der Waals surface area contributed by atoms with Crippen LogP contribution in [0.1, 0.15) is 5.56 Å². The van der Waals surface area contributed by atoms with Crippen molar-refractivity contribution in [3.63, 3.8) is 0 Å². The first kappa shape index (κ1) is 25.3. The van der Waals surface area contributed by atoms with Gasteiger partial charge in [0.25, 0.3) is 0 Å². The molecule has 0 atom stereocenters. The Morgan fingerprint density at radius 2 is 1.81 bits per heavy atom. The van der Waals surface area contributed by atoms with Gasteiger partial charge in [0.15, 0.2) is 5.96 Å². The number of benzene rings is 1. The summed E-state index contributed by atoms with van der Waals surface area (Å²) in [7, 11) is -1.80. The van der Waals surface area contributed by atoms with Crippen molar-refractivity contribution in [3.05, 3.63) is 60.0 Å². The standard InChI is InChI=1S/C20H27FN6O2S.HI/c1-22-20(25-16-17-6-2-3-7-18(17)21)24-10-15-30(28,29)27-13-11-26(12-14-27)19-8-4-5-9-23-19;/h2-9H,10-16H2,1H3,(H2,22,24,25);1H. The minimum atomic E-state index is -3.39. The van der Waals surface area contributed by atoms with Crippen LogP contribution in [0.4, 0.5) is 10.2 Å². The third-order valence-corrected chi connectivity index (χ3v) is 6.76. The quantitative estimate of drug-likeness (QED) is 0.303. The molecule has 0 saturated carbocycles. The Balaban J connectivity index is 0.00000341. The predicted molar refractivity (Wildman–Crippen MR) is 132 cm³/mol. The van der Waals surface area contributed by atoms with E-state index in [1.54, 1.807) is 31.4 Å². The third kappa shape index (κ3) is 7.28. The summed E-state index contributed by atoms with van der Waals surface area (Å²) in [4.78, 5) is 10.5. The molecule has 0 unspecified atom stereocenters. The Bertz CT molecular complexity index is 953. The zero-order valence-electron chi connectivity index (χ0n) is 17.4. The van der Waals surface area contributed by atoms with E-state index in [0.29, 0.717) is 37.7 Å². The number of nitrogens with zero attached hydrogens (tertiary/aromatic N) is 4. The molecular formula is C20H28FIN6O2S. The first-order valence-corrected chi connectivity index (χ1v) is 11.4. The Morgan fingerprint density at radius 1 is 1.10 bits per heavy atom. The summed E-state index contributed by atoms with van der Waals surface area (Å²) < 4.78 is 40.5. The van der Waals surface area contributed by atoms with Crippen LogP contribution in [-0.4, -0.2) is 69.2 Å². The number of aromatic nitrogens is 1. The molecule has 1 aliphatic heterocycles. The monoisotopic (exact) mass is 562 g/mol. The molecule has 170 valence electrons. The molecule has 1 aromatic heterocycles. The van der Waals surface area contributed by atoms with Gasteiger partial charge in [-0.2, -0.15) is 4.31 Å². The van der Waals surface area contributed by atoms with Gasteiger partial charge in [0, 0.05) is 58.1 Å². The molecule has 0 aliphatic carbocycles. The fraction of sp³-hybridized carbons (Fsp3) is 0.400. The van der Waals surface area contributed by atoms with E-state index in [2.05, 4.69) is 25.5 Å². The van der Waals surface area contributed by atoms with Crippen LogP contribution in [0, 0.1) is 5.82 Å². The summed E-state index contributed by atoms with van der Waals surface area (Å²) in [5.41, 5.74) is 0.513. The number of halogens is 2. The van der Waals surface area contributed by atoms with E-state index in [0.717, 1.165) is 5.82 Å². The van der Waals surface area contributed by atoms with E-state index in [1.807, 2.05) is 18.2 Å². The Kier molecular flexibility index (Phi) is 9.91. The summed E-state index contributed by atoms with van der Waals surface area (Å²) in [6.07, 6.45) is 1.73. The van der Waals surface area contributed by atoms with Gasteiger partial charge in [0.1, 0.15) is 11.6 Å². The Morgan fingerprint density at radius 3 is 2.45 bits per heavy atom. The van der Waals surface area contributed by atoms with E-state index >= 15 is 0 Å². The fourth-order valence-electron chi connectivity index (χ4n) is 3.21. The lowest BCUT2D eigenvalue weighted by Crippen LogP contribution is -2.50. The first-order chi connectivity index (χ1) is 14.5. The summed E-state index contributed by atoms with van der Waals surface area (Å²) >= 11 is 0. The highest BCUT2D eigenvalue weighted by molar-refractivity contribution is 14.0. The van der Waals surface area contributed by atoms with Gasteiger partial charge in [0.05, 0.1) is 5.75 Å². The number of guanidine groups is 1. The van der Waals surface area contributed by atoms with Crippen molar-refractivity contribution in [2.45, 2.75) is 6.54 Å². The molecule has 3 rings (SSSR count). The van der Waals surface area contributed by atoms with Gasteiger partial charge in [-0.3, -0.25) is 4.99 Å². The molecule has 0 bridgehead atoms. The van der Waals surface area contributed by atoms with Crippen molar-refractivity contribution in [2.75, 3.05) is 50.4 Å². The molecule has 2 aromatic rings. The normalized spacial score (nSPS) is 15.3. The minimum absolute atomic E-state index is 0. The number of hydrogen-bond acceptors (Lipinski definition) is 5. The maximum atomic E-state index is 13.7. The molecule has 8 nitrogen and oxygen atoms in total. The SMILES string of the molecule is CN=C(NCCS(=O)(=O)N1CCN(c2ccccn2)CC1)NCc1ccccc1F.I. The number of sulfonamides is 1. The van der Waals surface area contributed by atoms with E-state index in [9.17, 15) is 12.8 Å². The van der Waals surface area contributed by atoms with Crippen LogP contribution < -0.4 is 15.5 Å². The highest BCUT2D eigenvalue weighted by atomic mass is 127. The van der Waals surface area contributed by atoms with Gasteiger partial charge in [0.2, 0.25) is 10.0 Å². The Hall–Kier alpha value is -1.99. The lowest BCUT2D eigenvalue weighted by atomic mass is 10.2. The van der Waals surface area contributed by atoms with Crippen molar-refractivity contribution in [1.29, 1.82) is 0 Å². The molecule has 0 spiro atoms. The average molecular weight is 562 g/mol. The fourth-order valence-corrected chi connectivity index (χ4v) is 4.54. The number of piperazine rings is 1. The number of anilines is 1. The zero-order valence-corrected chi connectivity index (χ0v) is 20.5. The predicted octanol–water partition coefficient (Wildman–Crippen LogP) is 1.66. The largest absolute Gasteiger partial charge is 0.355 e. The topological polar surface area (TPSA) is 89.9 Å². The van der Waals surface area contributed by atoms with E-state index in [4.69, 9.17) is 0 Å². The van der Waals surface area contributed by atoms with Gasteiger partial charge >= 0.3 is 0 Å². The number of hydrogen-bond donors (Lipinski definition) is 2. The lowest BCUT2D eigenvalue weighted by molar-refractivity contribution is 0.384. The van der Waals surface area contributed by atoms with Gasteiger partial charge in [-0.25, -0.2) is 17.8 Å². The second-order valence-electron chi connectivity index (χ2n) is 6.83. The molecule has 1 fully saturated rings. The second kappa shape index (κ2) is 12.2. The maximum Gasteiger partial charge on any atom is 0.215 e. The van der Waals surface area contributed by atoms with Crippen molar-refractivity contribution < 1.29 is 12.8 Å². The van der Waals surface area contributed by atoms with Gasteiger partial charge in [-0.15, -0.1) is 24.0 Å². The van der Waals surface area contributed by atoms with Crippen LogP contribution in [0.15, 0.2) is 53.7 Å². The van der Waals surface area contributed by atoms with Crippen LogP contribution in [0.3, 0.4) is 0 Å². The number of nitrogens with one attached hydrogen (secondary N) is 2. The number of rotatable bonds is 7. The highest BCUT2D eigenvalue weighted by Crippen LogP contribution is 2.14. The summed E-state index contributed by atoms with van der Waals surface area (Å²) in [5, 5.41) is 5.97. The van der Waals surface area contributed by atoms with Crippen LogP contribution in [0.5, 0.6) is 0 Å². The van der Waals surface area contributed by atoms with Crippen molar-refractivity contribution in [2.24, 2.45) is 4.99 Å². The molecule has 1 aromatic carbocycles.